The normalized spacial score (nSPS) is 33.2. The quantitative estimate of drug-likeness (QED) is 0.414. The minimum atomic E-state index is -3.98. The summed E-state index contributed by atoms with van der Waals surface area (Å²) in [6.07, 6.45) is -2.13. The van der Waals surface area contributed by atoms with Gasteiger partial charge in [0, 0.05) is 12.8 Å². The molecule has 0 radical (unpaired) electrons. The summed E-state index contributed by atoms with van der Waals surface area (Å²) in [4.78, 5) is 25.0. The molecule has 0 bridgehead atoms. The third-order valence-corrected chi connectivity index (χ3v) is 6.98. The number of quaternary nitrogens is 1. The molecule has 2 fully saturated rings. The van der Waals surface area contributed by atoms with Crippen LogP contribution in [0, 0.1) is 0 Å². The van der Waals surface area contributed by atoms with Crippen molar-refractivity contribution in [3.63, 3.8) is 0 Å². The highest BCUT2D eigenvalue weighted by Crippen LogP contribution is 2.54. The van der Waals surface area contributed by atoms with E-state index >= 15 is 0 Å². The molecule has 2 saturated heterocycles. The number of primary amides is 1. The van der Waals surface area contributed by atoms with Gasteiger partial charge in [0.1, 0.15) is 24.6 Å². The second-order valence-corrected chi connectivity index (χ2v) is 8.94. The number of rotatable bonds is 6. The fraction of sp³-hybridized carbons (Fsp3) is 0.769. The van der Waals surface area contributed by atoms with E-state index in [1.807, 2.05) is 0 Å². The van der Waals surface area contributed by atoms with Crippen molar-refractivity contribution in [1.29, 1.82) is 0 Å². The van der Waals surface area contributed by atoms with Crippen LogP contribution in [-0.2, 0) is 13.8 Å². The first-order valence-corrected chi connectivity index (χ1v) is 9.72. The lowest BCUT2D eigenvalue weighted by Crippen LogP contribution is -2.39. The van der Waals surface area contributed by atoms with Crippen LogP contribution in [0.3, 0.4) is 0 Å². The molecule has 0 aromatic carbocycles. The predicted molar refractivity (Wildman–Crippen MR) is 85.4 cm³/mol. The van der Waals surface area contributed by atoms with Crippen molar-refractivity contribution >= 4 is 13.7 Å². The number of carbonyl (C=O) groups is 1. The summed E-state index contributed by atoms with van der Waals surface area (Å²) >= 11 is 0. The van der Waals surface area contributed by atoms with Crippen LogP contribution >= 0.6 is 7.75 Å². The lowest BCUT2D eigenvalue weighted by atomic mass is 10.1. The second-order valence-electron chi connectivity index (χ2n) is 6.74. The summed E-state index contributed by atoms with van der Waals surface area (Å²) in [5.41, 5.74) is 5.07. The lowest BCUT2D eigenvalue weighted by Gasteiger charge is -2.32. The van der Waals surface area contributed by atoms with Crippen LogP contribution in [0.25, 0.3) is 0 Å². The van der Waals surface area contributed by atoms with Gasteiger partial charge in [0.15, 0.2) is 6.23 Å². The van der Waals surface area contributed by atoms with Gasteiger partial charge in [0.2, 0.25) is 5.82 Å². The third-order valence-electron chi connectivity index (χ3n) is 4.87. The zero-order valence-corrected chi connectivity index (χ0v) is 15.1. The van der Waals surface area contributed by atoms with Crippen LogP contribution in [0.1, 0.15) is 29.7 Å². The third kappa shape index (κ3) is 3.41. The maximum absolute atomic E-state index is 12.5. The molecular weight excluding hydrogens is 369 g/mol. The molecule has 1 aromatic heterocycles. The number of aliphatic hydroxyl groups excluding tert-OH is 2. The molecule has 3 rings (SSSR count). The van der Waals surface area contributed by atoms with Gasteiger partial charge in [0.05, 0.1) is 26.7 Å². The molecule has 3 heterocycles. The number of amides is 1. The van der Waals surface area contributed by atoms with Gasteiger partial charge >= 0.3 is 7.75 Å². The first-order chi connectivity index (χ1) is 12.1. The van der Waals surface area contributed by atoms with Crippen LogP contribution in [0.5, 0.6) is 0 Å². The Balaban J connectivity index is 1.66. The topological polar surface area (TPSA) is 170 Å². The Hall–Kier alpha value is -1.40. The fourth-order valence-corrected chi connectivity index (χ4v) is 4.58. The van der Waals surface area contributed by atoms with Crippen molar-refractivity contribution in [1.82, 2.24) is 14.8 Å². The van der Waals surface area contributed by atoms with E-state index in [4.69, 9.17) is 15.0 Å². The zero-order valence-electron chi connectivity index (χ0n) is 14.2. The Bertz CT molecular complexity index is 721. The van der Waals surface area contributed by atoms with E-state index in [0.29, 0.717) is 13.1 Å². The minimum absolute atomic E-state index is 0.0904. The van der Waals surface area contributed by atoms with Crippen molar-refractivity contribution in [2.45, 2.75) is 37.4 Å². The Morgan fingerprint density at radius 1 is 1.46 bits per heavy atom. The number of hydrogen-bond donors (Lipinski definition) is 4. The van der Waals surface area contributed by atoms with Crippen molar-refractivity contribution in [3.05, 3.63) is 12.2 Å². The maximum atomic E-state index is 12.5. The van der Waals surface area contributed by atoms with E-state index in [2.05, 4.69) is 10.1 Å². The van der Waals surface area contributed by atoms with E-state index in [1.54, 1.807) is 7.05 Å². The van der Waals surface area contributed by atoms with E-state index < -0.39 is 38.2 Å². The van der Waals surface area contributed by atoms with Gasteiger partial charge < -0.3 is 20.7 Å². The molecule has 12 nitrogen and oxygen atoms in total. The monoisotopic (exact) mass is 392 g/mol. The summed E-state index contributed by atoms with van der Waals surface area (Å²) in [7, 11) is -2.33. The largest absolute Gasteiger partial charge is 0.528 e. The highest BCUT2D eigenvalue weighted by Gasteiger charge is 2.50. The number of likely N-dealkylation sites (tertiary alicyclic amines) is 1. The summed E-state index contributed by atoms with van der Waals surface area (Å²) in [5.74, 6) is -1.11. The van der Waals surface area contributed by atoms with Crippen LogP contribution < -0.4 is 5.73 Å². The van der Waals surface area contributed by atoms with Gasteiger partial charge in [-0.3, -0.25) is 14.2 Å². The highest BCUT2D eigenvalue weighted by molar-refractivity contribution is 7.46. The molecule has 0 saturated carbocycles. The van der Waals surface area contributed by atoms with Crippen LogP contribution in [0.15, 0.2) is 6.33 Å². The zero-order chi connectivity index (χ0) is 19.1. The Morgan fingerprint density at radius 3 is 2.69 bits per heavy atom. The molecular formula is C13H23N5O7P+. The molecule has 13 heteroatoms. The van der Waals surface area contributed by atoms with E-state index in [1.165, 1.54) is 0 Å². The van der Waals surface area contributed by atoms with E-state index in [9.17, 15) is 24.5 Å². The molecule has 0 spiro atoms. The van der Waals surface area contributed by atoms with Crippen molar-refractivity contribution in [3.8, 4) is 0 Å². The minimum Gasteiger partial charge on any atom is -0.387 e. The van der Waals surface area contributed by atoms with Crippen molar-refractivity contribution in [2.24, 2.45) is 5.73 Å². The smallest absolute Gasteiger partial charge is 0.387 e. The molecule has 146 valence electrons. The molecule has 0 aliphatic carbocycles. The molecule has 26 heavy (non-hydrogen) atoms. The average Bonchev–Trinajstić information content (AvgIpc) is 3.28. The Labute approximate surface area is 149 Å². The van der Waals surface area contributed by atoms with Crippen LogP contribution in [-0.4, -0.2) is 85.1 Å². The van der Waals surface area contributed by atoms with Crippen LogP contribution in [0.2, 0.25) is 0 Å². The number of nitrogens with two attached hydrogens (primary N) is 1. The molecule has 2 aliphatic heterocycles. The van der Waals surface area contributed by atoms with Gasteiger partial charge in [-0.15, -0.1) is 5.10 Å². The molecule has 5 atom stereocenters. The number of nitrogens with zero attached hydrogens (tertiary/aromatic N) is 4. The van der Waals surface area contributed by atoms with Crippen LogP contribution in [0.4, 0.5) is 0 Å². The molecule has 2 aliphatic rings. The SMILES string of the molecule is C[N+]1(P(=O)(O)OC[C@H]2O[C@@H](n3cnc(C(N)=O)n3)[C@H](O)[C@@H]2O)CCCC1. The average molecular weight is 392 g/mol. The van der Waals surface area contributed by atoms with E-state index in [0.717, 1.165) is 23.9 Å². The van der Waals surface area contributed by atoms with Crippen molar-refractivity contribution < 1.29 is 38.0 Å². The van der Waals surface area contributed by atoms with E-state index in [-0.39, 0.29) is 16.7 Å². The Kier molecular flexibility index (Phi) is 5.19. The van der Waals surface area contributed by atoms with Gasteiger partial charge in [-0.1, -0.05) is 0 Å². The molecule has 1 aromatic rings. The molecule has 5 N–H and O–H groups in total. The highest BCUT2D eigenvalue weighted by atomic mass is 31.2. The number of aliphatic hydroxyl groups is 2. The molecule has 1 amide bonds. The van der Waals surface area contributed by atoms with Gasteiger partial charge in [0.25, 0.3) is 5.91 Å². The molecule has 1 unspecified atom stereocenters. The summed E-state index contributed by atoms with van der Waals surface area (Å²) in [6, 6.07) is 0. The predicted octanol–water partition coefficient (Wildman–Crippen LogP) is -1.65. The van der Waals surface area contributed by atoms with Gasteiger partial charge in [-0.05, 0) is 0 Å². The summed E-state index contributed by atoms with van der Waals surface area (Å²) in [6.45, 7) is 0.678. The maximum Gasteiger partial charge on any atom is 0.528 e. The number of carbonyl (C=O) groups excluding carboxylic acids is 1. The van der Waals surface area contributed by atoms with Gasteiger partial charge in [-0.2, -0.15) is 0 Å². The number of ether oxygens (including phenoxy) is 1. The number of hydrogen-bond acceptors (Lipinski definition) is 8. The fourth-order valence-electron chi connectivity index (χ4n) is 3.18. The Morgan fingerprint density at radius 2 is 2.12 bits per heavy atom. The summed E-state index contributed by atoms with van der Waals surface area (Å²) in [5, 5.41) is 24.1. The summed E-state index contributed by atoms with van der Waals surface area (Å²) < 4.78 is 24.2. The first kappa shape index (κ1) is 19.4. The lowest BCUT2D eigenvalue weighted by molar-refractivity contribution is -0.789. The standard InChI is InChI=1S/C13H22N5O7P/c1-18(4-2-3-5-18)26(22,23)24-6-8-9(19)10(20)13(25-8)17-7-15-12(16-17)11(14)21/h7-10,13,19-20H,2-6H2,1H3,(H2-,14,21,22,23)/p+1/t8-,9-,10-,13-/m1/s1. The first-order valence-electron chi connectivity index (χ1n) is 8.19. The second kappa shape index (κ2) is 6.97. The number of aromatic nitrogens is 3. The van der Waals surface area contributed by atoms with Crippen molar-refractivity contribution in [2.75, 3.05) is 26.7 Å². The van der Waals surface area contributed by atoms with Gasteiger partial charge in [-0.25, -0.2) is 18.5 Å².